The molecule has 1 aromatic heterocycles. The third kappa shape index (κ3) is 2.60. The molecule has 1 amide bonds. The smallest absolute Gasteiger partial charge is 0.254 e. The van der Waals surface area contributed by atoms with Gasteiger partial charge >= 0.3 is 0 Å². The summed E-state index contributed by atoms with van der Waals surface area (Å²) >= 11 is 0. The van der Waals surface area contributed by atoms with E-state index in [1.807, 2.05) is 37.3 Å². The molecule has 0 spiro atoms. The van der Waals surface area contributed by atoms with Crippen LogP contribution in [0.5, 0.6) is 0 Å². The first-order chi connectivity index (χ1) is 11.7. The van der Waals surface area contributed by atoms with Crippen molar-refractivity contribution in [1.82, 2.24) is 9.88 Å². The van der Waals surface area contributed by atoms with Gasteiger partial charge in [-0.2, -0.15) is 0 Å². The number of benzene rings is 2. The van der Waals surface area contributed by atoms with Crippen molar-refractivity contribution in [3.05, 3.63) is 71.4 Å². The molecule has 1 unspecified atom stereocenters. The normalized spacial score (nSPS) is 18.0. The molecule has 1 aliphatic heterocycles. The number of rotatable bonds is 2. The van der Waals surface area contributed by atoms with E-state index in [0.29, 0.717) is 0 Å². The lowest BCUT2D eigenvalue weighted by Crippen LogP contribution is -2.39. The van der Waals surface area contributed by atoms with Crippen molar-refractivity contribution in [2.24, 2.45) is 0 Å². The number of carbonyl (C=O) groups excluding carboxylic acids is 1. The number of H-pyrrole nitrogens is 1. The zero-order valence-electron chi connectivity index (χ0n) is 14.0. The summed E-state index contributed by atoms with van der Waals surface area (Å²) in [5, 5.41) is 1.21. The molecule has 1 aliphatic rings. The van der Waals surface area contributed by atoms with Crippen LogP contribution in [0.4, 0.5) is 0 Å². The van der Waals surface area contributed by atoms with Gasteiger partial charge in [-0.15, -0.1) is 0 Å². The van der Waals surface area contributed by atoms with E-state index < -0.39 is 0 Å². The monoisotopic (exact) mass is 318 g/mol. The van der Waals surface area contributed by atoms with Crippen LogP contribution in [0.3, 0.4) is 0 Å². The highest BCUT2D eigenvalue weighted by Gasteiger charge is 2.30. The standard InChI is InChI=1S/C21H22N2O/c1-15-8-2-4-10-17(15)21(24)23-13-7-6-12-20(23)19-14-16-9-3-5-11-18(16)22-19/h2-5,8-11,14,20,22H,6-7,12-13H2,1H3. The van der Waals surface area contributed by atoms with Crippen LogP contribution in [-0.4, -0.2) is 22.3 Å². The van der Waals surface area contributed by atoms with E-state index in [-0.39, 0.29) is 11.9 Å². The molecule has 1 N–H and O–H groups in total. The zero-order valence-corrected chi connectivity index (χ0v) is 14.0. The Balaban J connectivity index is 1.70. The van der Waals surface area contributed by atoms with Gasteiger partial charge in [0, 0.05) is 23.3 Å². The Labute approximate surface area is 142 Å². The minimum Gasteiger partial charge on any atom is -0.357 e. The number of amides is 1. The quantitative estimate of drug-likeness (QED) is 0.721. The fourth-order valence-corrected chi connectivity index (χ4v) is 3.74. The van der Waals surface area contributed by atoms with Crippen LogP contribution in [0.2, 0.25) is 0 Å². The second-order valence-corrected chi connectivity index (χ2v) is 6.64. The van der Waals surface area contributed by atoms with Gasteiger partial charge in [-0.1, -0.05) is 36.4 Å². The number of aromatic amines is 1. The molecule has 0 saturated carbocycles. The predicted molar refractivity (Wildman–Crippen MR) is 97.1 cm³/mol. The largest absolute Gasteiger partial charge is 0.357 e. The topological polar surface area (TPSA) is 36.1 Å². The van der Waals surface area contributed by atoms with Crippen LogP contribution in [0.1, 0.15) is 46.9 Å². The summed E-state index contributed by atoms with van der Waals surface area (Å²) in [6.07, 6.45) is 3.26. The Morgan fingerprint density at radius 2 is 1.88 bits per heavy atom. The molecule has 0 radical (unpaired) electrons. The molecule has 2 aromatic carbocycles. The zero-order chi connectivity index (χ0) is 16.5. The van der Waals surface area contributed by atoms with Crippen LogP contribution in [0, 0.1) is 6.92 Å². The molecule has 1 saturated heterocycles. The number of carbonyl (C=O) groups is 1. The molecular formula is C21H22N2O. The number of fused-ring (bicyclic) bond motifs is 1. The first-order valence-electron chi connectivity index (χ1n) is 8.68. The Hall–Kier alpha value is -2.55. The van der Waals surface area contributed by atoms with Gasteiger partial charge in [0.1, 0.15) is 0 Å². The van der Waals surface area contributed by atoms with Crippen LogP contribution in [-0.2, 0) is 0 Å². The Kier molecular flexibility index (Phi) is 3.85. The number of hydrogen-bond acceptors (Lipinski definition) is 1. The van der Waals surface area contributed by atoms with Crippen LogP contribution < -0.4 is 0 Å². The summed E-state index contributed by atoms with van der Waals surface area (Å²) in [4.78, 5) is 18.7. The average Bonchev–Trinajstić information content (AvgIpc) is 3.05. The van der Waals surface area contributed by atoms with Gasteiger partial charge in [0.25, 0.3) is 5.91 Å². The van der Waals surface area contributed by atoms with Gasteiger partial charge in [0.2, 0.25) is 0 Å². The Morgan fingerprint density at radius 3 is 2.71 bits per heavy atom. The number of aryl methyl sites for hydroxylation is 1. The van der Waals surface area contributed by atoms with Crippen molar-refractivity contribution in [3.63, 3.8) is 0 Å². The fraction of sp³-hybridized carbons (Fsp3) is 0.286. The number of nitrogens with one attached hydrogen (secondary N) is 1. The number of nitrogens with zero attached hydrogens (tertiary/aromatic N) is 1. The number of aromatic nitrogens is 1. The van der Waals surface area contributed by atoms with Gasteiger partial charge < -0.3 is 9.88 Å². The Bertz CT molecular complexity index is 847. The highest BCUT2D eigenvalue weighted by atomic mass is 16.2. The lowest BCUT2D eigenvalue weighted by molar-refractivity contribution is 0.0606. The summed E-state index contributed by atoms with van der Waals surface area (Å²) in [5.74, 6) is 0.149. The molecule has 3 heteroatoms. The first-order valence-corrected chi connectivity index (χ1v) is 8.68. The highest BCUT2D eigenvalue weighted by Crippen LogP contribution is 2.33. The van der Waals surface area contributed by atoms with Crippen molar-refractivity contribution < 1.29 is 4.79 Å². The van der Waals surface area contributed by atoms with Gasteiger partial charge in [-0.05, 0) is 55.3 Å². The molecule has 4 rings (SSSR count). The van der Waals surface area contributed by atoms with E-state index in [1.54, 1.807) is 0 Å². The second kappa shape index (κ2) is 6.16. The predicted octanol–water partition coefficient (Wildman–Crippen LogP) is 4.84. The maximum atomic E-state index is 13.1. The SMILES string of the molecule is Cc1ccccc1C(=O)N1CCCCC1c1cc2ccccc2[nH]1. The van der Waals surface area contributed by atoms with Gasteiger partial charge in [0.15, 0.2) is 0 Å². The minimum atomic E-state index is 0.137. The lowest BCUT2D eigenvalue weighted by Gasteiger charge is -2.35. The van der Waals surface area contributed by atoms with Gasteiger partial charge in [-0.25, -0.2) is 0 Å². The van der Waals surface area contributed by atoms with E-state index in [0.717, 1.165) is 48.1 Å². The van der Waals surface area contributed by atoms with Gasteiger partial charge in [0.05, 0.1) is 6.04 Å². The average molecular weight is 318 g/mol. The van der Waals surface area contributed by atoms with Crippen LogP contribution in [0.25, 0.3) is 10.9 Å². The summed E-state index contributed by atoms with van der Waals surface area (Å²) in [6.45, 7) is 2.84. The number of para-hydroxylation sites is 1. The van der Waals surface area contributed by atoms with Crippen molar-refractivity contribution >= 4 is 16.8 Å². The molecule has 3 aromatic rings. The minimum absolute atomic E-state index is 0.137. The second-order valence-electron chi connectivity index (χ2n) is 6.64. The Morgan fingerprint density at radius 1 is 1.08 bits per heavy atom. The maximum absolute atomic E-state index is 13.1. The van der Waals surface area contributed by atoms with Gasteiger partial charge in [-0.3, -0.25) is 4.79 Å². The summed E-state index contributed by atoms with van der Waals surface area (Å²) < 4.78 is 0. The molecule has 0 bridgehead atoms. The summed E-state index contributed by atoms with van der Waals surface area (Å²) in [5.41, 5.74) is 4.16. The molecule has 3 nitrogen and oxygen atoms in total. The van der Waals surface area contributed by atoms with Crippen molar-refractivity contribution in [2.45, 2.75) is 32.2 Å². The number of hydrogen-bond donors (Lipinski definition) is 1. The van der Waals surface area contributed by atoms with E-state index in [1.165, 1.54) is 5.39 Å². The van der Waals surface area contributed by atoms with E-state index in [4.69, 9.17) is 0 Å². The molecule has 122 valence electrons. The van der Waals surface area contributed by atoms with E-state index >= 15 is 0 Å². The molecule has 0 aliphatic carbocycles. The van der Waals surface area contributed by atoms with Crippen LogP contribution in [0.15, 0.2) is 54.6 Å². The maximum Gasteiger partial charge on any atom is 0.254 e. The first kappa shape index (κ1) is 15.0. The highest BCUT2D eigenvalue weighted by molar-refractivity contribution is 5.96. The number of piperidine rings is 1. The number of likely N-dealkylation sites (tertiary alicyclic amines) is 1. The van der Waals surface area contributed by atoms with E-state index in [9.17, 15) is 4.79 Å². The molecular weight excluding hydrogens is 296 g/mol. The summed E-state index contributed by atoms with van der Waals surface area (Å²) in [7, 11) is 0. The third-order valence-electron chi connectivity index (χ3n) is 5.05. The molecule has 1 fully saturated rings. The molecule has 1 atom stereocenters. The fourth-order valence-electron chi connectivity index (χ4n) is 3.74. The molecule has 24 heavy (non-hydrogen) atoms. The van der Waals surface area contributed by atoms with Crippen molar-refractivity contribution in [2.75, 3.05) is 6.54 Å². The third-order valence-corrected chi connectivity index (χ3v) is 5.05. The lowest BCUT2D eigenvalue weighted by atomic mass is 9.97. The van der Waals surface area contributed by atoms with Crippen molar-refractivity contribution in [3.8, 4) is 0 Å². The van der Waals surface area contributed by atoms with Crippen LogP contribution >= 0.6 is 0 Å². The molecule has 2 heterocycles. The van der Waals surface area contributed by atoms with E-state index in [2.05, 4.69) is 34.1 Å². The summed E-state index contributed by atoms with van der Waals surface area (Å²) in [6, 6.07) is 18.5. The van der Waals surface area contributed by atoms with Crippen molar-refractivity contribution in [1.29, 1.82) is 0 Å².